The Bertz CT molecular complexity index is 174. The summed E-state index contributed by atoms with van der Waals surface area (Å²) in [5, 5.41) is 0. The van der Waals surface area contributed by atoms with E-state index in [0.717, 1.165) is 6.42 Å². The fourth-order valence-electron chi connectivity index (χ4n) is 1.28. The number of rotatable bonds is 2. The van der Waals surface area contributed by atoms with Gasteiger partial charge >= 0.3 is 5.97 Å². The third-order valence-corrected chi connectivity index (χ3v) is 2.16. The Morgan fingerprint density at radius 2 is 2.08 bits per heavy atom. The Kier molecular flexibility index (Phi) is 2.69. The average Bonchev–Trinajstić information content (AvgIpc) is 2.06. The molecule has 0 saturated carbocycles. The normalized spacial score (nSPS) is 28.2. The Morgan fingerprint density at radius 3 is 2.50 bits per heavy atom. The molecule has 0 spiro atoms. The third-order valence-electron chi connectivity index (χ3n) is 2.16. The smallest absolute Gasteiger partial charge is 0.367 e. The van der Waals surface area contributed by atoms with Crippen LogP contribution in [0.15, 0.2) is 0 Å². The largest absolute Gasteiger partial charge is 0.459 e. The van der Waals surface area contributed by atoms with Gasteiger partial charge in [-0.1, -0.05) is 0 Å². The van der Waals surface area contributed by atoms with Crippen LogP contribution in [0.5, 0.6) is 0 Å². The van der Waals surface area contributed by atoms with E-state index in [1.807, 2.05) is 6.92 Å². The highest BCUT2D eigenvalue weighted by Crippen LogP contribution is 2.27. The van der Waals surface area contributed by atoms with Gasteiger partial charge in [0.15, 0.2) is 0 Å². The molecule has 70 valence electrons. The minimum Gasteiger partial charge on any atom is -0.459 e. The molecule has 1 aliphatic heterocycles. The maximum atomic E-state index is 11.3. The number of carbonyl (C=O) groups is 1. The maximum Gasteiger partial charge on any atom is 0.367 e. The molecule has 1 saturated heterocycles. The molecule has 1 fully saturated rings. The molecule has 1 rings (SSSR count). The fourth-order valence-corrected chi connectivity index (χ4v) is 1.28. The number of ether oxygens (including phenoxy) is 3. The van der Waals surface area contributed by atoms with Gasteiger partial charge in [0.2, 0.25) is 0 Å². The van der Waals surface area contributed by atoms with Crippen LogP contribution in [-0.4, -0.2) is 32.1 Å². The first-order chi connectivity index (χ1) is 5.64. The van der Waals surface area contributed by atoms with Crippen molar-refractivity contribution in [3.05, 3.63) is 0 Å². The number of esters is 1. The highest BCUT2D eigenvalue weighted by molar-refractivity contribution is 5.78. The van der Waals surface area contributed by atoms with Gasteiger partial charge in [-0.05, 0) is 13.3 Å². The van der Waals surface area contributed by atoms with Gasteiger partial charge in [0.05, 0.1) is 6.10 Å². The van der Waals surface area contributed by atoms with Crippen molar-refractivity contribution in [1.29, 1.82) is 0 Å². The van der Waals surface area contributed by atoms with E-state index in [4.69, 9.17) is 14.2 Å². The zero-order valence-electron chi connectivity index (χ0n) is 7.62. The second kappa shape index (κ2) is 3.41. The van der Waals surface area contributed by atoms with E-state index in [-0.39, 0.29) is 6.10 Å². The number of hydrogen-bond donors (Lipinski definition) is 0. The molecule has 0 N–H and O–H groups in total. The standard InChI is InChI=1S/C8H14O4/c1-6-4-5-8(10-2,11-3)7(9)12-6/h6H,4-5H2,1-3H3. The summed E-state index contributed by atoms with van der Waals surface area (Å²) in [7, 11) is 2.89. The SMILES string of the molecule is COC1(OC)CCC(C)OC1=O. The van der Waals surface area contributed by atoms with E-state index in [1.54, 1.807) is 0 Å². The summed E-state index contributed by atoms with van der Waals surface area (Å²) >= 11 is 0. The van der Waals surface area contributed by atoms with E-state index < -0.39 is 11.8 Å². The third kappa shape index (κ3) is 1.44. The Balaban J connectivity index is 2.71. The van der Waals surface area contributed by atoms with Crippen LogP contribution in [0.3, 0.4) is 0 Å². The number of cyclic esters (lactones) is 1. The van der Waals surface area contributed by atoms with Crippen molar-refractivity contribution in [2.75, 3.05) is 14.2 Å². The monoisotopic (exact) mass is 174 g/mol. The van der Waals surface area contributed by atoms with Gasteiger partial charge in [-0.25, -0.2) is 4.79 Å². The van der Waals surface area contributed by atoms with Crippen LogP contribution in [-0.2, 0) is 19.0 Å². The average molecular weight is 174 g/mol. The Hall–Kier alpha value is -0.610. The zero-order valence-corrected chi connectivity index (χ0v) is 7.62. The molecular formula is C8H14O4. The second-order valence-electron chi connectivity index (χ2n) is 2.92. The first-order valence-corrected chi connectivity index (χ1v) is 3.96. The number of carbonyl (C=O) groups excluding carboxylic acids is 1. The van der Waals surface area contributed by atoms with Gasteiger partial charge in [0.1, 0.15) is 0 Å². The molecule has 4 heteroatoms. The van der Waals surface area contributed by atoms with E-state index >= 15 is 0 Å². The number of hydrogen-bond acceptors (Lipinski definition) is 4. The summed E-state index contributed by atoms with van der Waals surface area (Å²) in [5.41, 5.74) is 0. The van der Waals surface area contributed by atoms with Crippen LogP contribution < -0.4 is 0 Å². The minimum atomic E-state index is -1.16. The molecule has 1 atom stereocenters. The van der Waals surface area contributed by atoms with E-state index in [0.29, 0.717) is 6.42 Å². The minimum absolute atomic E-state index is 0.0316. The lowest BCUT2D eigenvalue weighted by atomic mass is 10.0. The summed E-state index contributed by atoms with van der Waals surface area (Å²) in [4.78, 5) is 11.3. The van der Waals surface area contributed by atoms with Crippen molar-refractivity contribution in [2.24, 2.45) is 0 Å². The highest BCUT2D eigenvalue weighted by Gasteiger charge is 2.44. The Morgan fingerprint density at radius 1 is 1.50 bits per heavy atom. The fraction of sp³-hybridized carbons (Fsp3) is 0.875. The van der Waals surface area contributed by atoms with Gasteiger partial charge < -0.3 is 14.2 Å². The molecule has 0 bridgehead atoms. The molecule has 1 unspecified atom stereocenters. The van der Waals surface area contributed by atoms with Gasteiger partial charge in [0, 0.05) is 20.6 Å². The summed E-state index contributed by atoms with van der Waals surface area (Å²) in [6.07, 6.45) is 1.30. The van der Waals surface area contributed by atoms with Crippen molar-refractivity contribution < 1.29 is 19.0 Å². The summed E-state index contributed by atoms with van der Waals surface area (Å²) in [5.74, 6) is -1.58. The van der Waals surface area contributed by atoms with Crippen LogP contribution >= 0.6 is 0 Å². The maximum absolute atomic E-state index is 11.3. The van der Waals surface area contributed by atoms with Crippen molar-refractivity contribution in [3.63, 3.8) is 0 Å². The molecule has 4 nitrogen and oxygen atoms in total. The second-order valence-corrected chi connectivity index (χ2v) is 2.92. The molecule has 0 aromatic rings. The molecule has 0 aliphatic carbocycles. The summed E-state index contributed by atoms with van der Waals surface area (Å²) in [6.45, 7) is 1.85. The van der Waals surface area contributed by atoms with E-state index in [2.05, 4.69) is 0 Å². The van der Waals surface area contributed by atoms with Gasteiger partial charge in [-0.2, -0.15) is 0 Å². The van der Waals surface area contributed by atoms with Crippen LogP contribution in [0.1, 0.15) is 19.8 Å². The molecule has 1 aliphatic rings. The van der Waals surface area contributed by atoms with Crippen molar-refractivity contribution in [2.45, 2.75) is 31.7 Å². The lowest BCUT2D eigenvalue weighted by Gasteiger charge is -2.34. The predicted octanol–water partition coefficient (Wildman–Crippen LogP) is 0.701. The zero-order chi connectivity index (χ0) is 9.19. The van der Waals surface area contributed by atoms with E-state index in [1.165, 1.54) is 14.2 Å². The molecule has 1 heterocycles. The lowest BCUT2D eigenvalue weighted by Crippen LogP contribution is -2.49. The first kappa shape index (κ1) is 9.48. The van der Waals surface area contributed by atoms with E-state index in [9.17, 15) is 4.79 Å². The van der Waals surface area contributed by atoms with Crippen LogP contribution in [0.2, 0.25) is 0 Å². The van der Waals surface area contributed by atoms with Crippen molar-refractivity contribution in [1.82, 2.24) is 0 Å². The van der Waals surface area contributed by atoms with Gasteiger partial charge in [-0.15, -0.1) is 0 Å². The highest BCUT2D eigenvalue weighted by atomic mass is 16.7. The lowest BCUT2D eigenvalue weighted by molar-refractivity contribution is -0.249. The van der Waals surface area contributed by atoms with Crippen LogP contribution in [0.4, 0.5) is 0 Å². The molecule has 12 heavy (non-hydrogen) atoms. The summed E-state index contributed by atoms with van der Waals surface area (Å²) in [6, 6.07) is 0. The number of methoxy groups -OCH3 is 2. The van der Waals surface area contributed by atoms with Crippen molar-refractivity contribution >= 4 is 5.97 Å². The predicted molar refractivity (Wildman–Crippen MR) is 41.5 cm³/mol. The van der Waals surface area contributed by atoms with Crippen molar-refractivity contribution in [3.8, 4) is 0 Å². The molecule has 0 radical (unpaired) electrons. The van der Waals surface area contributed by atoms with Crippen LogP contribution in [0.25, 0.3) is 0 Å². The quantitative estimate of drug-likeness (QED) is 0.456. The molecule has 0 amide bonds. The first-order valence-electron chi connectivity index (χ1n) is 3.96. The summed E-state index contributed by atoms with van der Waals surface area (Å²) < 4.78 is 15.0. The topological polar surface area (TPSA) is 44.8 Å². The van der Waals surface area contributed by atoms with Gasteiger partial charge in [0.25, 0.3) is 5.79 Å². The molecule has 0 aromatic carbocycles. The Labute approximate surface area is 71.8 Å². The van der Waals surface area contributed by atoms with Gasteiger partial charge in [-0.3, -0.25) is 0 Å². The molecule has 0 aromatic heterocycles. The molecular weight excluding hydrogens is 160 g/mol. The van der Waals surface area contributed by atoms with Crippen LogP contribution in [0, 0.1) is 0 Å².